The number of amides is 2. The first-order chi connectivity index (χ1) is 14.5. The van der Waals surface area contributed by atoms with Crippen LogP contribution in [0.2, 0.25) is 0 Å². The standard InChI is InChI=1S/C22H18BrFN2O4/c23-20-11-6-16(24)12-19(20)22(28)26-25-21(27)14-30-18-9-7-17(8-10-18)29-13-15-4-2-1-3-5-15/h1-12H,13-14H2,(H,25,27)(H,26,28). The molecule has 8 heteroatoms. The predicted molar refractivity (Wildman–Crippen MR) is 112 cm³/mol. The van der Waals surface area contributed by atoms with Crippen LogP contribution in [0.4, 0.5) is 4.39 Å². The summed E-state index contributed by atoms with van der Waals surface area (Å²) in [5.41, 5.74) is 5.54. The number of benzene rings is 3. The molecule has 0 bridgehead atoms. The lowest BCUT2D eigenvalue weighted by Crippen LogP contribution is -2.44. The summed E-state index contributed by atoms with van der Waals surface area (Å²) in [7, 11) is 0. The van der Waals surface area contributed by atoms with Gasteiger partial charge in [0.25, 0.3) is 11.8 Å². The van der Waals surface area contributed by atoms with Crippen molar-refractivity contribution in [3.63, 3.8) is 0 Å². The highest BCUT2D eigenvalue weighted by Gasteiger charge is 2.12. The van der Waals surface area contributed by atoms with E-state index in [4.69, 9.17) is 9.47 Å². The van der Waals surface area contributed by atoms with Gasteiger partial charge in [-0.05, 0) is 64.0 Å². The van der Waals surface area contributed by atoms with E-state index < -0.39 is 17.6 Å². The number of rotatable bonds is 7. The van der Waals surface area contributed by atoms with Gasteiger partial charge in [-0.1, -0.05) is 30.3 Å². The zero-order valence-corrected chi connectivity index (χ0v) is 17.3. The van der Waals surface area contributed by atoms with Gasteiger partial charge in [0.15, 0.2) is 6.61 Å². The van der Waals surface area contributed by atoms with Gasteiger partial charge in [0.2, 0.25) is 0 Å². The number of hydrogen-bond donors (Lipinski definition) is 2. The van der Waals surface area contributed by atoms with E-state index in [1.807, 2.05) is 30.3 Å². The molecule has 0 spiro atoms. The second kappa shape index (κ2) is 10.4. The van der Waals surface area contributed by atoms with E-state index in [0.29, 0.717) is 22.6 Å². The third-order valence-corrected chi connectivity index (χ3v) is 4.62. The first kappa shape index (κ1) is 21.3. The first-order valence-corrected chi connectivity index (χ1v) is 9.74. The molecule has 3 rings (SSSR count). The Labute approximate surface area is 181 Å². The number of hydrazine groups is 1. The Morgan fingerprint density at radius 1 is 0.867 bits per heavy atom. The van der Waals surface area contributed by atoms with Gasteiger partial charge in [0.1, 0.15) is 23.9 Å². The van der Waals surface area contributed by atoms with Crippen molar-refractivity contribution in [3.05, 3.63) is 94.2 Å². The lowest BCUT2D eigenvalue weighted by Gasteiger charge is -2.10. The number of nitrogens with one attached hydrogen (secondary N) is 2. The van der Waals surface area contributed by atoms with Crippen molar-refractivity contribution in [1.29, 1.82) is 0 Å². The van der Waals surface area contributed by atoms with E-state index >= 15 is 0 Å². The number of ether oxygens (including phenoxy) is 2. The van der Waals surface area contributed by atoms with Crippen molar-refractivity contribution in [1.82, 2.24) is 10.9 Å². The smallest absolute Gasteiger partial charge is 0.276 e. The Morgan fingerprint density at radius 3 is 2.23 bits per heavy atom. The summed E-state index contributed by atoms with van der Waals surface area (Å²) in [6, 6.07) is 20.3. The Morgan fingerprint density at radius 2 is 1.53 bits per heavy atom. The summed E-state index contributed by atoms with van der Waals surface area (Å²) < 4.78 is 24.7. The second-order valence-electron chi connectivity index (χ2n) is 6.16. The highest BCUT2D eigenvalue weighted by atomic mass is 79.9. The Bertz CT molecular complexity index is 1010. The molecule has 0 heterocycles. The summed E-state index contributed by atoms with van der Waals surface area (Å²) in [5, 5.41) is 0. The third kappa shape index (κ3) is 6.31. The zero-order chi connectivity index (χ0) is 21.3. The molecular formula is C22H18BrFN2O4. The molecule has 0 atom stereocenters. The van der Waals surface area contributed by atoms with Crippen LogP contribution in [0.5, 0.6) is 11.5 Å². The molecule has 0 saturated carbocycles. The van der Waals surface area contributed by atoms with Crippen LogP contribution in [-0.4, -0.2) is 18.4 Å². The second-order valence-corrected chi connectivity index (χ2v) is 7.02. The molecule has 0 aromatic heterocycles. The fraction of sp³-hybridized carbons (Fsp3) is 0.0909. The minimum absolute atomic E-state index is 0.0577. The van der Waals surface area contributed by atoms with E-state index in [1.165, 1.54) is 12.1 Å². The van der Waals surface area contributed by atoms with Crippen LogP contribution >= 0.6 is 15.9 Å². The van der Waals surface area contributed by atoms with Gasteiger partial charge < -0.3 is 9.47 Å². The largest absolute Gasteiger partial charge is 0.489 e. The molecule has 6 nitrogen and oxygen atoms in total. The summed E-state index contributed by atoms with van der Waals surface area (Å²) in [6.45, 7) is 0.138. The topological polar surface area (TPSA) is 76.7 Å². The van der Waals surface area contributed by atoms with Gasteiger partial charge in [-0.3, -0.25) is 20.4 Å². The minimum atomic E-state index is -0.658. The lowest BCUT2D eigenvalue weighted by atomic mass is 10.2. The fourth-order valence-electron chi connectivity index (χ4n) is 2.42. The number of halogens is 2. The highest BCUT2D eigenvalue weighted by molar-refractivity contribution is 9.10. The van der Waals surface area contributed by atoms with Gasteiger partial charge >= 0.3 is 0 Å². The molecular weight excluding hydrogens is 455 g/mol. The molecule has 0 unspecified atom stereocenters. The van der Waals surface area contributed by atoms with Gasteiger partial charge in [-0.15, -0.1) is 0 Å². The van der Waals surface area contributed by atoms with E-state index in [2.05, 4.69) is 26.8 Å². The molecule has 2 N–H and O–H groups in total. The Kier molecular flexibility index (Phi) is 7.40. The van der Waals surface area contributed by atoms with Gasteiger partial charge in [0, 0.05) is 4.47 Å². The van der Waals surface area contributed by atoms with Gasteiger partial charge in [0.05, 0.1) is 5.56 Å². The maximum absolute atomic E-state index is 13.3. The van der Waals surface area contributed by atoms with E-state index in [0.717, 1.165) is 11.6 Å². The number of hydrogen-bond acceptors (Lipinski definition) is 4. The van der Waals surface area contributed by atoms with Gasteiger partial charge in [-0.25, -0.2) is 4.39 Å². The number of carbonyl (C=O) groups is 2. The quantitative estimate of drug-likeness (QED) is 0.509. The average Bonchev–Trinajstić information content (AvgIpc) is 2.77. The Hall–Kier alpha value is -3.39. The first-order valence-electron chi connectivity index (χ1n) is 8.95. The van der Waals surface area contributed by atoms with Crippen LogP contribution in [0.25, 0.3) is 0 Å². The predicted octanol–water partition coefficient (Wildman–Crippen LogP) is 4.01. The van der Waals surface area contributed by atoms with Crippen molar-refractivity contribution >= 4 is 27.7 Å². The fourth-order valence-corrected chi connectivity index (χ4v) is 2.85. The van der Waals surface area contributed by atoms with E-state index in [-0.39, 0.29) is 12.2 Å². The molecule has 0 aliphatic rings. The van der Waals surface area contributed by atoms with Crippen molar-refractivity contribution in [3.8, 4) is 11.5 Å². The Balaban J connectivity index is 1.42. The lowest BCUT2D eigenvalue weighted by molar-refractivity contribution is -0.123. The molecule has 3 aromatic rings. The molecule has 154 valence electrons. The molecule has 3 aromatic carbocycles. The van der Waals surface area contributed by atoms with Crippen molar-refractivity contribution in [2.24, 2.45) is 0 Å². The summed E-state index contributed by atoms with van der Waals surface area (Å²) in [6.07, 6.45) is 0. The number of carbonyl (C=O) groups excluding carboxylic acids is 2. The van der Waals surface area contributed by atoms with Crippen LogP contribution in [0.1, 0.15) is 15.9 Å². The molecule has 2 amide bonds. The SMILES string of the molecule is O=C(COc1ccc(OCc2ccccc2)cc1)NNC(=O)c1cc(F)ccc1Br. The van der Waals surface area contributed by atoms with Crippen LogP contribution in [0.3, 0.4) is 0 Å². The normalized spacial score (nSPS) is 10.2. The average molecular weight is 473 g/mol. The highest BCUT2D eigenvalue weighted by Crippen LogP contribution is 2.19. The monoisotopic (exact) mass is 472 g/mol. The molecule has 0 aliphatic carbocycles. The summed E-state index contributed by atoms with van der Waals surface area (Å²) in [4.78, 5) is 23.9. The van der Waals surface area contributed by atoms with Crippen molar-refractivity contribution < 1.29 is 23.5 Å². The van der Waals surface area contributed by atoms with Crippen molar-refractivity contribution in [2.45, 2.75) is 6.61 Å². The van der Waals surface area contributed by atoms with Crippen LogP contribution < -0.4 is 20.3 Å². The minimum Gasteiger partial charge on any atom is -0.489 e. The molecule has 0 radical (unpaired) electrons. The molecule has 30 heavy (non-hydrogen) atoms. The van der Waals surface area contributed by atoms with Crippen molar-refractivity contribution in [2.75, 3.05) is 6.61 Å². The van der Waals surface area contributed by atoms with Gasteiger partial charge in [-0.2, -0.15) is 0 Å². The van der Waals surface area contributed by atoms with Crippen LogP contribution in [-0.2, 0) is 11.4 Å². The third-order valence-electron chi connectivity index (χ3n) is 3.93. The summed E-state index contributed by atoms with van der Waals surface area (Å²) in [5.74, 6) is -0.649. The zero-order valence-electron chi connectivity index (χ0n) is 15.7. The van der Waals surface area contributed by atoms with E-state index in [9.17, 15) is 14.0 Å². The van der Waals surface area contributed by atoms with E-state index in [1.54, 1.807) is 24.3 Å². The maximum atomic E-state index is 13.3. The molecule has 0 saturated heterocycles. The molecule has 0 fully saturated rings. The van der Waals surface area contributed by atoms with Crippen LogP contribution in [0.15, 0.2) is 77.3 Å². The molecule has 0 aliphatic heterocycles. The summed E-state index contributed by atoms with van der Waals surface area (Å²) >= 11 is 3.15. The maximum Gasteiger partial charge on any atom is 0.276 e. The van der Waals surface area contributed by atoms with Crippen LogP contribution in [0, 0.1) is 5.82 Å².